The summed E-state index contributed by atoms with van der Waals surface area (Å²) >= 11 is 0. The largest absolute Gasteiger partial charge is 0.472 e. The van der Waals surface area contributed by atoms with Gasteiger partial charge in [-0.05, 0) is 31.6 Å². The fourth-order valence-corrected chi connectivity index (χ4v) is 13.1. The van der Waals surface area contributed by atoms with Crippen molar-refractivity contribution in [3.63, 3.8) is 0 Å². The number of hydrogen-bond donors (Lipinski definition) is 3. The van der Waals surface area contributed by atoms with E-state index >= 15 is 0 Å². The lowest BCUT2D eigenvalue weighted by molar-refractivity contribution is -0.161. The van der Waals surface area contributed by atoms with E-state index in [1.807, 2.05) is 0 Å². The number of carbonyl (C=O) groups excluding carboxylic acids is 4. The van der Waals surface area contributed by atoms with Crippen LogP contribution in [0.2, 0.25) is 0 Å². The van der Waals surface area contributed by atoms with Gasteiger partial charge in [0, 0.05) is 25.7 Å². The lowest BCUT2D eigenvalue weighted by Gasteiger charge is -2.21. The molecule has 19 heteroatoms. The Balaban J connectivity index is 5.12. The summed E-state index contributed by atoms with van der Waals surface area (Å²) in [5.74, 6) is -1.30. The molecule has 0 aromatic heterocycles. The second-order valence-electron chi connectivity index (χ2n) is 27.5. The Kier molecular flexibility index (Phi) is 66.8. The minimum absolute atomic E-state index is 0.105. The van der Waals surface area contributed by atoms with Gasteiger partial charge in [-0.3, -0.25) is 37.3 Å². The van der Waals surface area contributed by atoms with Gasteiger partial charge in [0.05, 0.1) is 26.4 Å². The third-order valence-corrected chi connectivity index (χ3v) is 19.4. The number of hydrogen-bond acceptors (Lipinski definition) is 15. The molecule has 0 rings (SSSR count). The van der Waals surface area contributed by atoms with Crippen LogP contribution in [-0.4, -0.2) is 96.7 Å². The molecule has 94 heavy (non-hydrogen) atoms. The molecule has 0 spiro atoms. The molecule has 2 unspecified atom stereocenters. The topological polar surface area (TPSA) is 237 Å². The van der Waals surface area contributed by atoms with E-state index in [0.717, 1.165) is 115 Å². The van der Waals surface area contributed by atoms with Crippen LogP contribution in [0.4, 0.5) is 0 Å². The summed E-state index contributed by atoms with van der Waals surface area (Å²) in [5, 5.41) is 10.6. The second-order valence-corrected chi connectivity index (χ2v) is 30.4. The lowest BCUT2D eigenvalue weighted by Crippen LogP contribution is -2.30. The van der Waals surface area contributed by atoms with E-state index in [0.29, 0.717) is 25.7 Å². The average molecular weight is 1380 g/mol. The smallest absolute Gasteiger partial charge is 0.462 e. The Morgan fingerprint density at radius 1 is 0.287 bits per heavy atom. The van der Waals surface area contributed by atoms with Gasteiger partial charge in [-0.25, -0.2) is 9.13 Å². The van der Waals surface area contributed by atoms with Crippen molar-refractivity contribution in [1.82, 2.24) is 0 Å². The van der Waals surface area contributed by atoms with Crippen molar-refractivity contribution in [3.05, 3.63) is 0 Å². The summed E-state index contributed by atoms with van der Waals surface area (Å²) in [6.45, 7) is 7.25. The lowest BCUT2D eigenvalue weighted by atomic mass is 10.0. The van der Waals surface area contributed by atoms with Crippen molar-refractivity contribution in [2.75, 3.05) is 39.6 Å². The Morgan fingerprint density at radius 2 is 0.489 bits per heavy atom. The number of phosphoric ester groups is 2. The van der Waals surface area contributed by atoms with Crippen LogP contribution in [0.1, 0.15) is 394 Å². The molecule has 17 nitrogen and oxygen atoms in total. The number of aliphatic hydroxyl groups is 1. The van der Waals surface area contributed by atoms with Crippen molar-refractivity contribution < 1.29 is 80.2 Å². The normalized spacial score (nSPS) is 14.0. The minimum atomic E-state index is -4.95. The van der Waals surface area contributed by atoms with Crippen LogP contribution < -0.4 is 0 Å². The molecule has 0 fully saturated rings. The van der Waals surface area contributed by atoms with Crippen LogP contribution in [0.25, 0.3) is 0 Å². The summed E-state index contributed by atoms with van der Waals surface area (Å²) < 4.78 is 68.2. The Labute approximate surface area is 575 Å². The molecule has 0 aliphatic carbocycles. The quantitative estimate of drug-likeness (QED) is 0.0222. The highest BCUT2D eigenvalue weighted by molar-refractivity contribution is 7.47. The van der Waals surface area contributed by atoms with Gasteiger partial charge in [-0.15, -0.1) is 0 Å². The molecule has 0 radical (unpaired) electrons. The molecule has 0 aliphatic heterocycles. The van der Waals surface area contributed by atoms with Crippen LogP contribution in [-0.2, 0) is 65.4 Å². The zero-order chi connectivity index (χ0) is 69.1. The van der Waals surface area contributed by atoms with Gasteiger partial charge in [0.1, 0.15) is 19.3 Å². The number of aliphatic hydroxyl groups excluding tert-OH is 1. The van der Waals surface area contributed by atoms with Crippen molar-refractivity contribution >= 4 is 39.5 Å². The van der Waals surface area contributed by atoms with E-state index in [9.17, 15) is 43.2 Å². The van der Waals surface area contributed by atoms with Gasteiger partial charge in [0.25, 0.3) is 0 Å². The first-order valence-corrected chi connectivity index (χ1v) is 42.1. The number of rotatable bonds is 75. The SMILES string of the molecule is CCCCCCCCCCCCCCCCCCCCC(=O)OC[C@H](COP(=O)(O)OC[C@@H](O)COP(=O)(O)OC[C@@H](COC(=O)CCCCCCCCC)OC(=O)CCCCCCCCCC)OC(=O)CCCCCCCCCCCCCCCCCCCCC(C)C. The first-order valence-electron chi connectivity index (χ1n) is 39.1. The maximum atomic E-state index is 13.1. The van der Waals surface area contributed by atoms with Gasteiger partial charge >= 0.3 is 39.5 Å². The maximum Gasteiger partial charge on any atom is 0.472 e. The van der Waals surface area contributed by atoms with Gasteiger partial charge < -0.3 is 33.8 Å². The Morgan fingerprint density at radius 3 is 0.723 bits per heavy atom. The molecule has 0 amide bonds. The zero-order valence-corrected chi connectivity index (χ0v) is 62.9. The van der Waals surface area contributed by atoms with E-state index < -0.39 is 97.5 Å². The summed E-state index contributed by atoms with van der Waals surface area (Å²) in [4.78, 5) is 72.5. The van der Waals surface area contributed by atoms with Gasteiger partial charge in [0.15, 0.2) is 12.2 Å². The highest BCUT2D eigenvalue weighted by Crippen LogP contribution is 2.45. The molecular weight excluding hydrogens is 1230 g/mol. The predicted molar refractivity (Wildman–Crippen MR) is 382 cm³/mol. The highest BCUT2D eigenvalue weighted by atomic mass is 31.2. The molecule has 0 bridgehead atoms. The number of phosphoric acid groups is 2. The number of carbonyl (C=O) groups is 4. The van der Waals surface area contributed by atoms with Crippen LogP contribution in [0.5, 0.6) is 0 Å². The standard InChI is InChI=1S/C75H146O17P2/c1-6-9-12-15-18-20-21-22-23-24-28-31-34-37-40-45-49-54-59-73(78)86-65-71(92-75(80)61-56-51-46-41-38-35-32-29-26-25-27-30-33-36-39-43-47-52-57-68(4)5)67-90-94(83,84)88-63-69(76)62-87-93(81,82)89-66-70(64-85-72(77)58-53-48-42-17-14-11-8-3)91-74(79)60-55-50-44-19-16-13-10-7-2/h68-71,76H,6-67H2,1-5H3,(H,81,82)(H,83,84)/t69-,70+,71+/m0/s1. The van der Waals surface area contributed by atoms with E-state index in [1.165, 1.54) is 199 Å². The molecule has 0 heterocycles. The predicted octanol–water partition coefficient (Wildman–Crippen LogP) is 22.1. The van der Waals surface area contributed by atoms with E-state index in [-0.39, 0.29) is 25.7 Å². The van der Waals surface area contributed by atoms with E-state index in [2.05, 4.69) is 34.6 Å². The minimum Gasteiger partial charge on any atom is -0.462 e. The highest BCUT2D eigenvalue weighted by Gasteiger charge is 2.30. The van der Waals surface area contributed by atoms with Crippen molar-refractivity contribution in [2.45, 2.75) is 412 Å². The van der Waals surface area contributed by atoms with Gasteiger partial charge in [-0.1, -0.05) is 343 Å². The maximum absolute atomic E-state index is 13.1. The molecule has 0 saturated heterocycles. The second kappa shape index (κ2) is 68.2. The van der Waals surface area contributed by atoms with E-state index in [1.54, 1.807) is 0 Å². The van der Waals surface area contributed by atoms with Crippen molar-refractivity contribution in [2.24, 2.45) is 5.92 Å². The zero-order valence-electron chi connectivity index (χ0n) is 61.1. The Bertz CT molecular complexity index is 1810. The monoisotopic (exact) mass is 1380 g/mol. The summed E-state index contributed by atoms with van der Waals surface area (Å²) in [5.41, 5.74) is 0. The first kappa shape index (κ1) is 92.1. The van der Waals surface area contributed by atoms with Gasteiger partial charge in [-0.2, -0.15) is 0 Å². The number of ether oxygens (including phenoxy) is 4. The molecule has 0 aromatic rings. The third-order valence-electron chi connectivity index (χ3n) is 17.5. The van der Waals surface area contributed by atoms with Crippen molar-refractivity contribution in [1.29, 1.82) is 0 Å². The molecule has 0 aromatic carbocycles. The number of unbranched alkanes of at least 4 members (excludes halogenated alkanes) is 47. The molecule has 3 N–H and O–H groups in total. The number of esters is 4. The van der Waals surface area contributed by atoms with Gasteiger partial charge in [0.2, 0.25) is 0 Å². The van der Waals surface area contributed by atoms with Crippen LogP contribution in [0.3, 0.4) is 0 Å². The first-order chi connectivity index (χ1) is 45.5. The molecule has 0 saturated carbocycles. The molecule has 5 atom stereocenters. The van der Waals surface area contributed by atoms with Crippen LogP contribution in [0.15, 0.2) is 0 Å². The van der Waals surface area contributed by atoms with E-state index in [4.69, 9.17) is 37.0 Å². The molecule has 0 aliphatic rings. The molecule has 558 valence electrons. The van der Waals surface area contributed by atoms with Crippen molar-refractivity contribution in [3.8, 4) is 0 Å². The molecular formula is C75H146O17P2. The third kappa shape index (κ3) is 68.6. The fourth-order valence-electron chi connectivity index (χ4n) is 11.5. The van der Waals surface area contributed by atoms with Crippen LogP contribution in [0, 0.1) is 5.92 Å². The Hall–Kier alpha value is -1.94. The summed E-state index contributed by atoms with van der Waals surface area (Å²) in [6.07, 6.45) is 57.3. The fraction of sp³-hybridized carbons (Fsp3) is 0.947. The van der Waals surface area contributed by atoms with Crippen LogP contribution >= 0.6 is 15.6 Å². The summed E-state index contributed by atoms with van der Waals surface area (Å²) in [7, 11) is -9.90. The summed E-state index contributed by atoms with van der Waals surface area (Å²) in [6, 6.07) is 0. The average Bonchev–Trinajstić information content (AvgIpc) is 1.34.